The second-order valence-electron chi connectivity index (χ2n) is 5.90. The molecule has 0 saturated carbocycles. The first kappa shape index (κ1) is 16.7. The fraction of sp³-hybridized carbons (Fsp3) is 1.00. The van der Waals surface area contributed by atoms with Gasteiger partial charge in [0.2, 0.25) is 0 Å². The lowest BCUT2D eigenvalue weighted by Crippen LogP contribution is -2.38. The minimum atomic E-state index is -1.85. The molecule has 0 aliphatic heterocycles. The summed E-state index contributed by atoms with van der Waals surface area (Å²) >= 11 is 2.16. The summed E-state index contributed by atoms with van der Waals surface area (Å²) in [4.78, 5) is 0. The summed E-state index contributed by atoms with van der Waals surface area (Å²) in [5.41, 5.74) is 0. The number of hydrogen-bond donors (Lipinski definition) is 0. The zero-order valence-corrected chi connectivity index (χ0v) is 15.0. The minimum absolute atomic E-state index is 0.454. The first-order valence-electron chi connectivity index (χ1n) is 5.82. The number of hydrogen-bond acceptors (Lipinski definition) is 3. The lowest BCUT2D eigenvalue weighted by Gasteiger charge is -2.36. The highest BCUT2D eigenvalue weighted by molar-refractivity contribution is 8.29. The summed E-state index contributed by atoms with van der Waals surface area (Å²) in [6, 6.07) is 1.08. The molecule has 0 saturated heterocycles. The summed E-state index contributed by atoms with van der Waals surface area (Å²) in [5.74, 6) is 1.17. The lowest BCUT2D eigenvalue weighted by atomic mass is 10.2. The Kier molecular flexibility index (Phi) is 6.31. The minimum Gasteiger partial charge on any atom is -0.398 e. The third-order valence-electron chi connectivity index (χ3n) is 3.69. The molecule has 0 unspecified atom stereocenters. The molecule has 0 aromatic carbocycles. The third-order valence-corrected chi connectivity index (χ3v) is 16.3. The van der Waals surface area contributed by atoms with Crippen molar-refractivity contribution in [3.05, 3.63) is 0 Å². The fourth-order valence-corrected chi connectivity index (χ4v) is 8.15. The van der Waals surface area contributed by atoms with Crippen LogP contribution in [0.3, 0.4) is 0 Å². The maximum Gasteiger partial charge on any atom is 0.335 e. The van der Waals surface area contributed by atoms with Gasteiger partial charge in [-0.15, -0.1) is 0 Å². The maximum absolute atomic E-state index is 5.51. The molecule has 0 heterocycles. The molecule has 0 N–H and O–H groups in total. The van der Waals surface area contributed by atoms with Crippen LogP contribution in [0.15, 0.2) is 0 Å². The van der Waals surface area contributed by atoms with Gasteiger partial charge in [-0.1, -0.05) is 33.9 Å². The van der Waals surface area contributed by atoms with Gasteiger partial charge in [0.05, 0.1) is 0 Å². The van der Waals surface area contributed by atoms with Crippen LogP contribution in [0.5, 0.6) is 0 Å². The van der Waals surface area contributed by atoms with E-state index in [0.29, 0.717) is 5.04 Å². The van der Waals surface area contributed by atoms with Gasteiger partial charge in [0.15, 0.2) is 0 Å². The van der Waals surface area contributed by atoms with Crippen LogP contribution in [0.25, 0.3) is 0 Å². The molecule has 5 heteroatoms. The lowest BCUT2D eigenvalue weighted by molar-refractivity contribution is 0.251. The van der Waals surface area contributed by atoms with Gasteiger partial charge in [0.1, 0.15) is 7.22 Å². The van der Waals surface area contributed by atoms with Crippen molar-refractivity contribution in [2.75, 3.05) is 20.0 Å². The second-order valence-corrected chi connectivity index (χ2v) is 18.6. The molecule has 98 valence electrons. The van der Waals surface area contributed by atoms with E-state index in [1.165, 1.54) is 5.75 Å². The van der Waals surface area contributed by atoms with Crippen molar-refractivity contribution >= 4 is 27.0 Å². The molecule has 0 aromatic rings. The summed E-state index contributed by atoms with van der Waals surface area (Å²) in [6.45, 7) is 14.1. The third kappa shape index (κ3) is 4.91. The van der Waals surface area contributed by atoms with Gasteiger partial charge in [-0.25, -0.2) is 0 Å². The highest BCUT2D eigenvalue weighted by atomic mass is 32.4. The Morgan fingerprint density at radius 3 is 1.75 bits per heavy atom. The molecule has 16 heavy (non-hydrogen) atoms. The summed E-state index contributed by atoms with van der Waals surface area (Å²) in [5, 5.41) is 0.454. The van der Waals surface area contributed by atoms with Crippen molar-refractivity contribution in [3.8, 4) is 0 Å². The van der Waals surface area contributed by atoms with Crippen molar-refractivity contribution < 1.29 is 8.85 Å². The van der Waals surface area contributed by atoms with E-state index in [2.05, 4.69) is 51.6 Å². The predicted molar refractivity (Wildman–Crippen MR) is 80.1 cm³/mol. The van der Waals surface area contributed by atoms with Gasteiger partial charge in [-0.2, -0.15) is 11.2 Å². The van der Waals surface area contributed by atoms with Crippen molar-refractivity contribution in [2.24, 2.45) is 0 Å². The molecule has 0 spiro atoms. The van der Waals surface area contributed by atoms with E-state index in [9.17, 15) is 0 Å². The molecule has 0 fully saturated rings. The Labute approximate surface area is 107 Å². The van der Waals surface area contributed by atoms with Crippen molar-refractivity contribution in [3.63, 3.8) is 0 Å². The Morgan fingerprint density at radius 1 is 1.00 bits per heavy atom. The maximum atomic E-state index is 5.51. The topological polar surface area (TPSA) is 18.5 Å². The summed E-state index contributed by atoms with van der Waals surface area (Å²) in [7, 11) is 0.484. The fourth-order valence-electron chi connectivity index (χ4n) is 0.996. The van der Waals surface area contributed by atoms with Crippen LogP contribution in [0, 0.1) is 0 Å². The SMILES string of the molecule is CO[Si](C)(CCS[Si](C)(C)C(C)(C)C)OC. The average molecular weight is 281 g/mol. The van der Waals surface area contributed by atoms with Gasteiger partial charge in [-0.05, 0) is 23.4 Å². The standard InChI is InChI=1S/C11H28O2SSi2/c1-11(2,3)15(6,7)14-9-10-16(8,12-4)13-5/h9-10H2,1-8H3. The molecular formula is C11H28O2SSi2. The Balaban J connectivity index is 4.18. The molecular weight excluding hydrogens is 252 g/mol. The quantitative estimate of drug-likeness (QED) is 0.683. The van der Waals surface area contributed by atoms with Gasteiger partial charge in [0.25, 0.3) is 0 Å². The molecule has 0 radical (unpaired) electrons. The van der Waals surface area contributed by atoms with E-state index in [0.717, 1.165) is 6.04 Å². The van der Waals surface area contributed by atoms with E-state index in [1.807, 2.05) is 0 Å². The van der Waals surface area contributed by atoms with Crippen LogP contribution in [-0.2, 0) is 8.85 Å². The molecule has 0 atom stereocenters. The van der Waals surface area contributed by atoms with Gasteiger partial charge in [-0.3, -0.25) is 0 Å². The van der Waals surface area contributed by atoms with E-state index in [-0.39, 0.29) is 0 Å². The molecule has 0 aliphatic carbocycles. The van der Waals surface area contributed by atoms with E-state index in [4.69, 9.17) is 8.85 Å². The van der Waals surface area contributed by atoms with Crippen molar-refractivity contribution in [1.29, 1.82) is 0 Å². The second kappa shape index (κ2) is 6.04. The highest BCUT2D eigenvalue weighted by Crippen LogP contribution is 2.43. The largest absolute Gasteiger partial charge is 0.398 e. The van der Waals surface area contributed by atoms with Crippen LogP contribution >= 0.6 is 11.2 Å². The van der Waals surface area contributed by atoms with Crippen LogP contribution < -0.4 is 0 Å². The first-order chi connectivity index (χ1) is 7.08. The van der Waals surface area contributed by atoms with Crippen LogP contribution in [-0.4, -0.2) is 35.8 Å². The Morgan fingerprint density at radius 2 is 1.44 bits per heavy atom. The normalized spacial score (nSPS) is 14.2. The van der Waals surface area contributed by atoms with E-state index in [1.54, 1.807) is 14.2 Å². The monoisotopic (exact) mass is 280 g/mol. The predicted octanol–water partition coefficient (Wildman–Crippen LogP) is 4.09. The zero-order chi connectivity index (χ0) is 13.0. The smallest absolute Gasteiger partial charge is 0.335 e. The molecule has 0 amide bonds. The molecule has 0 rings (SSSR count). The molecule has 2 nitrogen and oxygen atoms in total. The summed E-state index contributed by atoms with van der Waals surface area (Å²) in [6.07, 6.45) is 0. The first-order valence-corrected chi connectivity index (χ1v) is 13.1. The molecule has 0 aromatic heterocycles. The van der Waals surface area contributed by atoms with Crippen molar-refractivity contribution in [2.45, 2.75) is 51.5 Å². The van der Waals surface area contributed by atoms with Gasteiger partial charge < -0.3 is 8.85 Å². The number of rotatable bonds is 6. The van der Waals surface area contributed by atoms with Crippen LogP contribution in [0.2, 0.25) is 30.7 Å². The van der Waals surface area contributed by atoms with Crippen LogP contribution in [0.1, 0.15) is 20.8 Å². The Bertz CT molecular complexity index is 211. The van der Waals surface area contributed by atoms with Crippen LogP contribution in [0.4, 0.5) is 0 Å². The van der Waals surface area contributed by atoms with Crippen molar-refractivity contribution in [1.82, 2.24) is 0 Å². The van der Waals surface area contributed by atoms with Gasteiger partial charge in [0, 0.05) is 14.2 Å². The van der Waals surface area contributed by atoms with Gasteiger partial charge >= 0.3 is 8.56 Å². The Hall–Kier alpha value is 0.704. The summed E-state index contributed by atoms with van der Waals surface area (Å²) < 4.78 is 11.0. The molecule has 0 bridgehead atoms. The van der Waals surface area contributed by atoms with E-state index >= 15 is 0 Å². The van der Waals surface area contributed by atoms with E-state index < -0.39 is 15.8 Å². The zero-order valence-electron chi connectivity index (χ0n) is 12.1. The molecule has 0 aliphatic rings. The average Bonchev–Trinajstić information content (AvgIpc) is 2.15. The highest BCUT2D eigenvalue weighted by Gasteiger charge is 2.37.